The molecule has 0 amide bonds. The van der Waals surface area contributed by atoms with Crippen molar-refractivity contribution in [2.24, 2.45) is 0 Å². The van der Waals surface area contributed by atoms with Gasteiger partial charge in [-0.2, -0.15) is 0 Å². The summed E-state index contributed by atoms with van der Waals surface area (Å²) in [5.41, 5.74) is 0. The zero-order valence-electron chi connectivity index (χ0n) is 2.99. The van der Waals surface area contributed by atoms with E-state index in [-0.39, 0.29) is 18.9 Å². The molecule has 0 unspecified atom stereocenters. The molecule has 0 aliphatic carbocycles. The molecular formula is C3H6KLi. The molecule has 2 heteroatoms. The van der Waals surface area contributed by atoms with Crippen LogP contribution in [0, 0.1) is 0 Å². The minimum atomic E-state index is 0. The van der Waals surface area contributed by atoms with Gasteiger partial charge in [-0.05, 0) is 0 Å². The first kappa shape index (κ1) is 10.1. The summed E-state index contributed by atoms with van der Waals surface area (Å²) < 4.78 is 1.27. The Morgan fingerprint density at radius 3 is 2.00 bits per heavy atom. The molecule has 0 bridgehead atoms. The Kier molecular flexibility index (Phi) is 18.8. The molecule has 5 heavy (non-hydrogen) atoms. The van der Waals surface area contributed by atoms with E-state index in [0.717, 1.165) is 49.0 Å². The first-order valence-corrected chi connectivity index (χ1v) is 3.73. The summed E-state index contributed by atoms with van der Waals surface area (Å²) in [7, 11) is 0. The van der Waals surface area contributed by atoms with Crippen LogP contribution in [-0.2, 0) is 0 Å². The molecule has 0 N–H and O–H groups in total. The monoisotopic (exact) mass is 88.0 g/mol. The van der Waals surface area contributed by atoms with E-state index in [1.807, 2.05) is 6.08 Å². The average molecular weight is 88.1 g/mol. The first-order valence-electron chi connectivity index (χ1n) is 1.52. The van der Waals surface area contributed by atoms with Crippen molar-refractivity contribution in [3.8, 4) is 0 Å². The van der Waals surface area contributed by atoms with Crippen LogP contribution in [0.5, 0.6) is 0 Å². The molecule has 0 atom stereocenters. The van der Waals surface area contributed by atoms with Gasteiger partial charge < -0.3 is 0 Å². The van der Waals surface area contributed by atoms with Crippen LogP contribution in [0.15, 0.2) is 12.7 Å². The topological polar surface area (TPSA) is 0 Å². The summed E-state index contributed by atoms with van der Waals surface area (Å²) in [4.78, 5) is 0. The van der Waals surface area contributed by atoms with Gasteiger partial charge in [0.15, 0.2) is 0 Å². The van der Waals surface area contributed by atoms with Gasteiger partial charge in [0.1, 0.15) is 0 Å². The van der Waals surface area contributed by atoms with E-state index < -0.39 is 0 Å². The molecule has 0 heterocycles. The van der Waals surface area contributed by atoms with Crippen molar-refractivity contribution in [3.63, 3.8) is 0 Å². The minimum absolute atomic E-state index is 0. The third-order valence-corrected chi connectivity index (χ3v) is 1.19. The van der Waals surface area contributed by atoms with Crippen LogP contribution >= 0.6 is 0 Å². The van der Waals surface area contributed by atoms with Gasteiger partial charge in [-0.15, -0.1) is 0 Å². The summed E-state index contributed by atoms with van der Waals surface area (Å²) in [5.74, 6) is 0. The van der Waals surface area contributed by atoms with E-state index in [0.29, 0.717) is 0 Å². The third kappa shape index (κ3) is 10.7. The van der Waals surface area contributed by atoms with Crippen molar-refractivity contribution >= 4 is 67.8 Å². The van der Waals surface area contributed by atoms with Gasteiger partial charge in [-0.1, -0.05) is 0 Å². The molecule has 0 aromatic carbocycles. The standard InChI is InChI=1S/C3H5.K.Li.H/c1-3-2;;;/h3H,1-2H2;;;. The second-order valence-electron chi connectivity index (χ2n) is 0.697. The van der Waals surface area contributed by atoms with Gasteiger partial charge in [-0.3, -0.25) is 0 Å². The normalized spacial score (nSPS) is 5.20. The Morgan fingerprint density at radius 1 is 1.80 bits per heavy atom. The number of allylic oxidation sites excluding steroid dienone is 1. The zero-order valence-corrected chi connectivity index (χ0v) is 6.11. The van der Waals surface area contributed by atoms with E-state index in [2.05, 4.69) is 6.58 Å². The van der Waals surface area contributed by atoms with Crippen LogP contribution in [0.2, 0.25) is 0.515 Å². The van der Waals surface area contributed by atoms with Crippen LogP contribution in [0.1, 0.15) is 0 Å². The molecule has 0 aromatic rings. The Hall–Kier alpha value is 1.97. The number of rotatable bonds is 1. The van der Waals surface area contributed by atoms with Crippen LogP contribution in [0.25, 0.3) is 0 Å². The van der Waals surface area contributed by atoms with Crippen molar-refractivity contribution in [3.05, 3.63) is 12.7 Å². The van der Waals surface area contributed by atoms with Gasteiger partial charge in [0.25, 0.3) is 0 Å². The third-order valence-electron chi connectivity index (χ3n) is 0.289. The van der Waals surface area contributed by atoms with E-state index in [9.17, 15) is 0 Å². The molecule has 0 saturated heterocycles. The van der Waals surface area contributed by atoms with Crippen molar-refractivity contribution in [1.82, 2.24) is 0 Å². The summed E-state index contributed by atoms with van der Waals surface area (Å²) in [6.07, 6.45) is 1.96. The first-order chi connectivity index (χ1) is 1.91. The van der Waals surface area contributed by atoms with Gasteiger partial charge in [0.05, 0.1) is 0 Å². The Labute approximate surface area is 79.2 Å². The number of hydrogen-bond acceptors (Lipinski definition) is 0. The fourth-order valence-corrected chi connectivity index (χ4v) is 0. The maximum atomic E-state index is 3.53. The van der Waals surface area contributed by atoms with Crippen molar-refractivity contribution in [2.45, 2.75) is 0.515 Å². The second-order valence-corrected chi connectivity index (χ2v) is 1.97. The summed E-state index contributed by atoms with van der Waals surface area (Å²) >= 11 is 0.995. The molecule has 0 aliphatic rings. The molecular weight excluding hydrogens is 82.1 g/mol. The summed E-state index contributed by atoms with van der Waals surface area (Å²) in [6, 6.07) is 0. The molecule has 20 valence electrons. The molecule has 0 radical (unpaired) electrons. The molecule has 0 aliphatic heterocycles. The molecule has 0 fully saturated rings. The van der Waals surface area contributed by atoms with Crippen LogP contribution < -0.4 is 0 Å². The number of hydrogen-bond donors (Lipinski definition) is 0. The van der Waals surface area contributed by atoms with Gasteiger partial charge >= 0.3 is 81.0 Å². The van der Waals surface area contributed by atoms with Gasteiger partial charge in [0, 0.05) is 0 Å². The Morgan fingerprint density at radius 2 is 2.00 bits per heavy atom. The predicted octanol–water partition coefficient (Wildman–Crippen LogP) is 0.111. The van der Waals surface area contributed by atoms with Crippen LogP contribution in [-0.4, -0.2) is 67.8 Å². The van der Waals surface area contributed by atoms with Crippen molar-refractivity contribution in [2.75, 3.05) is 0 Å². The van der Waals surface area contributed by atoms with Crippen LogP contribution in [0.4, 0.5) is 0 Å². The van der Waals surface area contributed by atoms with Gasteiger partial charge in [0.2, 0.25) is 0 Å². The SMILES string of the molecule is C=C[CH2][K].[LiH]. The van der Waals surface area contributed by atoms with Crippen LogP contribution in [0.3, 0.4) is 0 Å². The van der Waals surface area contributed by atoms with E-state index in [4.69, 9.17) is 0 Å². The predicted molar refractivity (Wildman–Crippen MR) is 27.9 cm³/mol. The molecule has 0 spiro atoms. The Balaban J connectivity index is 0. The van der Waals surface area contributed by atoms with Crippen molar-refractivity contribution in [1.29, 1.82) is 0 Å². The Bertz CT molecular complexity index is 20.9. The molecule has 0 rings (SSSR count). The molecule has 0 aromatic heterocycles. The average Bonchev–Trinajstić information content (AvgIpc) is 1.37. The quantitative estimate of drug-likeness (QED) is 0.315. The van der Waals surface area contributed by atoms with E-state index in [1.165, 1.54) is 0.515 Å². The molecule has 0 saturated carbocycles. The molecule has 0 nitrogen and oxygen atoms in total. The zero-order chi connectivity index (χ0) is 3.41. The maximum absolute atomic E-state index is 3.53. The van der Waals surface area contributed by atoms with Crippen molar-refractivity contribution < 1.29 is 0 Å². The fourth-order valence-electron chi connectivity index (χ4n) is 0. The summed E-state index contributed by atoms with van der Waals surface area (Å²) in [6.45, 7) is 3.53. The van der Waals surface area contributed by atoms with Gasteiger partial charge in [-0.25, -0.2) is 0 Å². The van der Waals surface area contributed by atoms with E-state index in [1.54, 1.807) is 0 Å². The fraction of sp³-hybridized carbons (Fsp3) is 0.333. The second kappa shape index (κ2) is 9.36. The summed E-state index contributed by atoms with van der Waals surface area (Å²) in [5, 5.41) is 0. The van der Waals surface area contributed by atoms with E-state index >= 15 is 0 Å².